The molecular weight excluding hydrogens is 390 g/mol. The Hall–Kier alpha value is -3.26. The average molecular weight is 409 g/mol. The number of amides is 2. The number of carbonyl (C=O) groups is 2. The summed E-state index contributed by atoms with van der Waals surface area (Å²) in [7, 11) is 0. The van der Waals surface area contributed by atoms with Crippen molar-refractivity contribution in [2.24, 2.45) is 0 Å². The van der Waals surface area contributed by atoms with Crippen LogP contribution in [0.3, 0.4) is 0 Å². The van der Waals surface area contributed by atoms with Crippen LogP contribution in [0.2, 0.25) is 0 Å². The van der Waals surface area contributed by atoms with E-state index in [-0.39, 0.29) is 24.4 Å². The molecule has 29 heavy (non-hydrogen) atoms. The fraction of sp³-hybridized carbons (Fsp3) is 0.190. The molecule has 0 saturated carbocycles. The lowest BCUT2D eigenvalue weighted by molar-refractivity contribution is -0.119. The molecule has 2 aromatic carbocycles. The fourth-order valence-corrected chi connectivity index (χ4v) is 3.82. The monoisotopic (exact) mass is 409 g/mol. The van der Waals surface area contributed by atoms with Crippen molar-refractivity contribution in [2.75, 3.05) is 12.5 Å². The second-order valence-corrected chi connectivity index (χ2v) is 7.33. The van der Waals surface area contributed by atoms with Crippen molar-refractivity contribution in [3.63, 3.8) is 0 Å². The molecule has 8 heteroatoms. The number of rotatable bonds is 5. The van der Waals surface area contributed by atoms with Gasteiger partial charge in [-0.3, -0.25) is 20.4 Å². The van der Waals surface area contributed by atoms with Gasteiger partial charge in [0.05, 0.1) is 11.3 Å². The number of hydrogen-bond acceptors (Lipinski definition) is 6. The van der Waals surface area contributed by atoms with Crippen LogP contribution in [0.1, 0.15) is 22.8 Å². The number of fused-ring (bicyclic) bond motifs is 2. The van der Waals surface area contributed by atoms with Gasteiger partial charge in [-0.2, -0.15) is 0 Å². The van der Waals surface area contributed by atoms with Crippen LogP contribution in [-0.4, -0.2) is 29.3 Å². The van der Waals surface area contributed by atoms with E-state index in [0.717, 1.165) is 33.7 Å². The summed E-state index contributed by atoms with van der Waals surface area (Å²) in [6, 6.07) is 14.5. The Morgan fingerprint density at radius 3 is 2.59 bits per heavy atom. The van der Waals surface area contributed by atoms with Crippen molar-refractivity contribution in [2.45, 2.75) is 18.4 Å². The van der Waals surface area contributed by atoms with Gasteiger partial charge >= 0.3 is 0 Å². The third-order valence-electron chi connectivity index (χ3n) is 4.42. The molecule has 0 bridgehead atoms. The van der Waals surface area contributed by atoms with Crippen molar-refractivity contribution < 1.29 is 19.1 Å². The lowest BCUT2D eigenvalue weighted by Crippen LogP contribution is -2.42. The minimum atomic E-state index is -0.363. The predicted octanol–water partition coefficient (Wildman–Crippen LogP) is 3.08. The van der Waals surface area contributed by atoms with Crippen LogP contribution >= 0.6 is 11.8 Å². The molecular formula is C21H19N3O4S. The summed E-state index contributed by atoms with van der Waals surface area (Å²) in [4.78, 5) is 28.9. The van der Waals surface area contributed by atoms with Gasteiger partial charge in [-0.05, 0) is 36.2 Å². The van der Waals surface area contributed by atoms with Crippen molar-refractivity contribution in [1.82, 2.24) is 15.8 Å². The van der Waals surface area contributed by atoms with Gasteiger partial charge in [-0.15, -0.1) is 0 Å². The molecule has 2 amide bonds. The van der Waals surface area contributed by atoms with Crippen molar-refractivity contribution in [3.8, 4) is 11.5 Å². The third kappa shape index (κ3) is 4.27. The van der Waals surface area contributed by atoms with Gasteiger partial charge in [0.25, 0.3) is 5.91 Å². The largest absolute Gasteiger partial charge is 0.454 e. The summed E-state index contributed by atoms with van der Waals surface area (Å²) < 4.78 is 10.8. The SMILES string of the molecule is CCc1cc2cc3c(cc2nc1SCC(=O)NNC(=O)c1ccccc1)OCO3. The summed E-state index contributed by atoms with van der Waals surface area (Å²) in [5.41, 5.74) is 7.16. The summed E-state index contributed by atoms with van der Waals surface area (Å²) in [5, 5.41) is 1.75. The van der Waals surface area contributed by atoms with Gasteiger partial charge in [-0.25, -0.2) is 4.98 Å². The average Bonchev–Trinajstić information content (AvgIpc) is 3.21. The second-order valence-electron chi connectivity index (χ2n) is 6.36. The van der Waals surface area contributed by atoms with Gasteiger partial charge in [0.2, 0.25) is 12.7 Å². The molecule has 0 fully saturated rings. The number of nitrogens with one attached hydrogen (secondary N) is 2. The van der Waals surface area contributed by atoms with E-state index >= 15 is 0 Å². The maximum Gasteiger partial charge on any atom is 0.269 e. The molecule has 7 nitrogen and oxygen atoms in total. The number of aromatic nitrogens is 1. The Balaban J connectivity index is 1.41. The molecule has 1 aliphatic rings. The molecule has 0 saturated heterocycles. The molecule has 0 atom stereocenters. The zero-order valence-corrected chi connectivity index (χ0v) is 16.5. The molecule has 0 unspecified atom stereocenters. The highest BCUT2D eigenvalue weighted by Crippen LogP contribution is 2.37. The van der Waals surface area contributed by atoms with Gasteiger partial charge in [0.1, 0.15) is 5.03 Å². The van der Waals surface area contributed by atoms with E-state index in [1.165, 1.54) is 11.8 Å². The first-order valence-electron chi connectivity index (χ1n) is 9.14. The van der Waals surface area contributed by atoms with Gasteiger partial charge in [0.15, 0.2) is 11.5 Å². The Labute approximate surface area is 171 Å². The van der Waals surface area contributed by atoms with Crippen LogP contribution in [0.25, 0.3) is 10.9 Å². The number of benzene rings is 2. The molecule has 4 rings (SSSR count). The van der Waals surface area contributed by atoms with E-state index in [4.69, 9.17) is 14.5 Å². The Morgan fingerprint density at radius 2 is 1.83 bits per heavy atom. The van der Waals surface area contributed by atoms with E-state index in [9.17, 15) is 9.59 Å². The van der Waals surface area contributed by atoms with E-state index in [1.54, 1.807) is 24.3 Å². The van der Waals surface area contributed by atoms with Crippen molar-refractivity contribution >= 4 is 34.5 Å². The quantitative estimate of drug-likeness (QED) is 0.497. The minimum absolute atomic E-state index is 0.130. The second kappa shape index (κ2) is 8.40. The first kappa shape index (κ1) is 19.1. The summed E-state index contributed by atoms with van der Waals surface area (Å²) in [5.74, 6) is 0.847. The fourth-order valence-electron chi connectivity index (χ4n) is 2.93. The summed E-state index contributed by atoms with van der Waals surface area (Å²) >= 11 is 1.33. The van der Waals surface area contributed by atoms with E-state index in [0.29, 0.717) is 11.3 Å². The molecule has 2 N–H and O–H groups in total. The Bertz CT molecular complexity index is 1070. The number of nitrogens with zero attached hydrogens (tertiary/aromatic N) is 1. The lowest BCUT2D eigenvalue weighted by Gasteiger charge is -2.10. The number of hydrazine groups is 1. The minimum Gasteiger partial charge on any atom is -0.454 e. The standard InChI is InChI=1S/C21H19N3O4S/c1-2-13-8-15-9-17-18(28-12-27-17)10-16(15)22-21(13)29-11-19(25)23-24-20(26)14-6-4-3-5-7-14/h3-10H,2,11-12H2,1H3,(H,23,25)(H,24,26). The van der Waals surface area contributed by atoms with Gasteiger partial charge in [0, 0.05) is 17.0 Å². The lowest BCUT2D eigenvalue weighted by atomic mass is 10.1. The van der Waals surface area contributed by atoms with Crippen molar-refractivity contribution in [3.05, 3.63) is 59.7 Å². The highest BCUT2D eigenvalue weighted by atomic mass is 32.2. The predicted molar refractivity (Wildman–Crippen MR) is 110 cm³/mol. The smallest absolute Gasteiger partial charge is 0.269 e. The van der Waals surface area contributed by atoms with E-state index in [2.05, 4.69) is 16.9 Å². The summed E-state index contributed by atoms with van der Waals surface area (Å²) in [6.07, 6.45) is 0.784. The number of aryl methyl sites for hydroxylation is 1. The number of ether oxygens (including phenoxy) is 2. The van der Waals surface area contributed by atoms with E-state index in [1.807, 2.05) is 25.1 Å². The van der Waals surface area contributed by atoms with Gasteiger partial charge in [-0.1, -0.05) is 36.9 Å². The zero-order valence-electron chi connectivity index (χ0n) is 15.7. The van der Waals surface area contributed by atoms with Crippen molar-refractivity contribution in [1.29, 1.82) is 0 Å². The maximum absolute atomic E-state index is 12.2. The maximum atomic E-state index is 12.2. The van der Waals surface area contributed by atoms with Crippen LogP contribution in [0.4, 0.5) is 0 Å². The van der Waals surface area contributed by atoms with Crippen LogP contribution in [0, 0.1) is 0 Å². The summed E-state index contributed by atoms with van der Waals surface area (Å²) in [6.45, 7) is 2.25. The number of carbonyl (C=O) groups excluding carboxylic acids is 2. The molecule has 0 aliphatic carbocycles. The topological polar surface area (TPSA) is 89.6 Å². The third-order valence-corrected chi connectivity index (χ3v) is 5.45. The highest BCUT2D eigenvalue weighted by Gasteiger charge is 2.17. The number of pyridine rings is 1. The first-order chi connectivity index (χ1) is 14.1. The molecule has 3 aromatic rings. The molecule has 148 valence electrons. The van der Waals surface area contributed by atoms with Crippen LogP contribution in [0.15, 0.2) is 53.6 Å². The Kier molecular flexibility index (Phi) is 5.53. The molecule has 1 aliphatic heterocycles. The van der Waals surface area contributed by atoms with Crippen LogP contribution in [-0.2, 0) is 11.2 Å². The highest BCUT2D eigenvalue weighted by molar-refractivity contribution is 7.99. The molecule has 1 aromatic heterocycles. The number of hydrogen-bond donors (Lipinski definition) is 2. The van der Waals surface area contributed by atoms with E-state index < -0.39 is 0 Å². The molecule has 0 radical (unpaired) electrons. The zero-order chi connectivity index (χ0) is 20.2. The van der Waals surface area contributed by atoms with Gasteiger partial charge < -0.3 is 9.47 Å². The van der Waals surface area contributed by atoms with Crippen LogP contribution < -0.4 is 20.3 Å². The number of thioether (sulfide) groups is 1. The Morgan fingerprint density at radius 1 is 1.07 bits per heavy atom. The molecule has 2 heterocycles. The van der Waals surface area contributed by atoms with Crippen LogP contribution in [0.5, 0.6) is 11.5 Å². The normalized spacial score (nSPS) is 12.0. The molecule has 0 spiro atoms. The first-order valence-corrected chi connectivity index (χ1v) is 10.1.